The van der Waals surface area contributed by atoms with Crippen molar-refractivity contribution in [1.82, 2.24) is 14.9 Å². The third-order valence-corrected chi connectivity index (χ3v) is 4.33. The SMILES string of the molecule is O=C(c1cccc2c1OCCO2)N1CCCC(Oc2ncc(F)cn2)C1. The number of rotatable bonds is 3. The fraction of sp³-hybridized carbons (Fsp3) is 0.389. The summed E-state index contributed by atoms with van der Waals surface area (Å²) >= 11 is 0. The number of benzene rings is 1. The average molecular weight is 359 g/mol. The van der Waals surface area contributed by atoms with Gasteiger partial charge < -0.3 is 19.1 Å². The molecule has 1 amide bonds. The highest BCUT2D eigenvalue weighted by Gasteiger charge is 2.29. The summed E-state index contributed by atoms with van der Waals surface area (Å²) in [6.07, 6.45) is 3.44. The molecule has 1 aromatic heterocycles. The van der Waals surface area contributed by atoms with E-state index < -0.39 is 5.82 Å². The Balaban J connectivity index is 1.47. The monoisotopic (exact) mass is 359 g/mol. The minimum absolute atomic E-state index is 0.111. The zero-order valence-electron chi connectivity index (χ0n) is 14.1. The topological polar surface area (TPSA) is 73.8 Å². The second kappa shape index (κ2) is 7.15. The molecule has 1 unspecified atom stereocenters. The van der Waals surface area contributed by atoms with Crippen molar-refractivity contribution < 1.29 is 23.4 Å². The molecule has 2 aliphatic heterocycles. The molecule has 136 valence electrons. The molecule has 1 saturated heterocycles. The van der Waals surface area contributed by atoms with Crippen LogP contribution >= 0.6 is 0 Å². The second-order valence-electron chi connectivity index (χ2n) is 6.15. The predicted molar refractivity (Wildman–Crippen MR) is 89.0 cm³/mol. The Morgan fingerprint density at radius 2 is 2.04 bits per heavy atom. The molecule has 0 N–H and O–H groups in total. The average Bonchev–Trinajstić information content (AvgIpc) is 2.69. The van der Waals surface area contributed by atoms with Crippen LogP contribution in [-0.2, 0) is 0 Å². The summed E-state index contributed by atoms with van der Waals surface area (Å²) in [7, 11) is 0. The molecule has 8 heteroatoms. The second-order valence-corrected chi connectivity index (χ2v) is 6.15. The lowest BCUT2D eigenvalue weighted by Crippen LogP contribution is -2.44. The minimum Gasteiger partial charge on any atom is -0.486 e. The van der Waals surface area contributed by atoms with E-state index in [2.05, 4.69) is 9.97 Å². The van der Waals surface area contributed by atoms with Gasteiger partial charge in [-0.25, -0.2) is 14.4 Å². The number of ether oxygens (including phenoxy) is 3. The Bertz CT molecular complexity index is 800. The van der Waals surface area contributed by atoms with E-state index in [1.807, 2.05) is 0 Å². The largest absolute Gasteiger partial charge is 0.486 e. The molecule has 2 aliphatic rings. The van der Waals surface area contributed by atoms with Gasteiger partial charge in [0.25, 0.3) is 5.91 Å². The first kappa shape index (κ1) is 16.6. The number of likely N-dealkylation sites (tertiary alicyclic amines) is 1. The number of hydrogen-bond donors (Lipinski definition) is 0. The standard InChI is InChI=1S/C18H18FN3O4/c19-12-9-20-18(21-10-12)26-13-3-2-6-22(11-13)17(23)14-4-1-5-15-16(14)25-8-7-24-15/h1,4-5,9-10,13H,2-3,6-8,11H2. The maximum absolute atomic E-state index is 13.0. The molecule has 1 atom stereocenters. The van der Waals surface area contributed by atoms with E-state index in [-0.39, 0.29) is 18.0 Å². The summed E-state index contributed by atoms with van der Waals surface area (Å²) in [4.78, 5) is 22.3. The van der Waals surface area contributed by atoms with Gasteiger partial charge in [-0.3, -0.25) is 4.79 Å². The number of halogens is 1. The van der Waals surface area contributed by atoms with Crippen molar-refractivity contribution in [1.29, 1.82) is 0 Å². The molecule has 0 saturated carbocycles. The molecule has 4 rings (SSSR count). The normalized spacial score (nSPS) is 19.1. The maximum Gasteiger partial charge on any atom is 0.316 e. The Labute approximate surface area is 149 Å². The van der Waals surface area contributed by atoms with Crippen molar-refractivity contribution in [3.05, 3.63) is 42.0 Å². The number of amides is 1. The highest BCUT2D eigenvalue weighted by molar-refractivity contribution is 5.98. The van der Waals surface area contributed by atoms with Crippen LogP contribution in [0.4, 0.5) is 4.39 Å². The van der Waals surface area contributed by atoms with E-state index in [1.54, 1.807) is 23.1 Å². The van der Waals surface area contributed by atoms with E-state index >= 15 is 0 Å². The number of piperidine rings is 1. The van der Waals surface area contributed by atoms with Crippen LogP contribution in [0.2, 0.25) is 0 Å². The van der Waals surface area contributed by atoms with Gasteiger partial charge in [0.2, 0.25) is 0 Å². The Kier molecular flexibility index (Phi) is 4.55. The van der Waals surface area contributed by atoms with Crippen LogP contribution in [0.3, 0.4) is 0 Å². The molecule has 1 fully saturated rings. The number of fused-ring (bicyclic) bond motifs is 1. The molecular formula is C18H18FN3O4. The van der Waals surface area contributed by atoms with Crippen LogP contribution in [-0.4, -0.2) is 53.2 Å². The Morgan fingerprint density at radius 1 is 1.23 bits per heavy atom. The summed E-state index contributed by atoms with van der Waals surface area (Å²) in [5, 5.41) is 0. The van der Waals surface area contributed by atoms with E-state index in [0.29, 0.717) is 43.4 Å². The summed E-state index contributed by atoms with van der Waals surface area (Å²) in [6.45, 7) is 1.93. The molecular weight excluding hydrogens is 341 g/mol. The molecule has 2 aromatic rings. The third-order valence-electron chi connectivity index (χ3n) is 4.33. The molecule has 0 bridgehead atoms. The van der Waals surface area contributed by atoms with E-state index in [9.17, 15) is 9.18 Å². The van der Waals surface area contributed by atoms with Gasteiger partial charge >= 0.3 is 6.01 Å². The number of hydrogen-bond acceptors (Lipinski definition) is 6. The van der Waals surface area contributed by atoms with Gasteiger partial charge in [0.05, 0.1) is 24.5 Å². The van der Waals surface area contributed by atoms with Gasteiger partial charge in [0.1, 0.15) is 19.3 Å². The van der Waals surface area contributed by atoms with Crippen LogP contribution in [0.1, 0.15) is 23.2 Å². The number of aromatic nitrogens is 2. The highest BCUT2D eigenvalue weighted by Crippen LogP contribution is 2.34. The van der Waals surface area contributed by atoms with Gasteiger partial charge in [-0.05, 0) is 25.0 Å². The molecule has 0 spiro atoms. The lowest BCUT2D eigenvalue weighted by atomic mass is 10.1. The van der Waals surface area contributed by atoms with Crippen molar-refractivity contribution in [2.75, 3.05) is 26.3 Å². The van der Waals surface area contributed by atoms with Crippen molar-refractivity contribution in [2.45, 2.75) is 18.9 Å². The van der Waals surface area contributed by atoms with Crippen molar-refractivity contribution in [3.8, 4) is 17.5 Å². The molecule has 3 heterocycles. The lowest BCUT2D eigenvalue weighted by molar-refractivity contribution is 0.0508. The van der Waals surface area contributed by atoms with E-state index in [4.69, 9.17) is 14.2 Å². The smallest absolute Gasteiger partial charge is 0.316 e. The molecule has 26 heavy (non-hydrogen) atoms. The Hall–Kier alpha value is -2.90. The number of para-hydroxylation sites is 1. The number of carbonyl (C=O) groups is 1. The number of nitrogens with zero attached hydrogens (tertiary/aromatic N) is 3. The summed E-state index contributed by atoms with van der Waals surface area (Å²) in [6, 6.07) is 5.42. The predicted octanol–water partition coefficient (Wildman–Crippen LogP) is 2.07. The van der Waals surface area contributed by atoms with Crippen LogP contribution in [0.15, 0.2) is 30.6 Å². The first-order valence-corrected chi connectivity index (χ1v) is 8.53. The minimum atomic E-state index is -0.520. The number of carbonyl (C=O) groups excluding carboxylic acids is 1. The van der Waals surface area contributed by atoms with Crippen LogP contribution < -0.4 is 14.2 Å². The molecule has 0 aliphatic carbocycles. The van der Waals surface area contributed by atoms with Crippen LogP contribution in [0.25, 0.3) is 0 Å². The highest BCUT2D eigenvalue weighted by atomic mass is 19.1. The van der Waals surface area contributed by atoms with Crippen molar-refractivity contribution in [2.24, 2.45) is 0 Å². The third kappa shape index (κ3) is 3.40. The van der Waals surface area contributed by atoms with Gasteiger partial charge in [0, 0.05) is 6.54 Å². The van der Waals surface area contributed by atoms with Gasteiger partial charge in [-0.2, -0.15) is 0 Å². The summed E-state index contributed by atoms with van der Waals surface area (Å²) in [5.74, 6) is 0.440. The van der Waals surface area contributed by atoms with E-state index in [1.165, 1.54) is 0 Å². The maximum atomic E-state index is 13.0. The quantitative estimate of drug-likeness (QED) is 0.835. The van der Waals surface area contributed by atoms with E-state index in [0.717, 1.165) is 25.2 Å². The van der Waals surface area contributed by atoms with Crippen molar-refractivity contribution >= 4 is 5.91 Å². The summed E-state index contributed by atoms with van der Waals surface area (Å²) in [5.41, 5.74) is 0.487. The van der Waals surface area contributed by atoms with Crippen molar-refractivity contribution in [3.63, 3.8) is 0 Å². The first-order valence-electron chi connectivity index (χ1n) is 8.53. The van der Waals surface area contributed by atoms with Crippen LogP contribution in [0, 0.1) is 5.82 Å². The zero-order valence-corrected chi connectivity index (χ0v) is 14.1. The molecule has 1 aromatic carbocycles. The summed E-state index contributed by atoms with van der Waals surface area (Å²) < 4.78 is 29.8. The zero-order chi connectivity index (χ0) is 17.9. The molecule has 0 radical (unpaired) electrons. The van der Waals surface area contributed by atoms with Gasteiger partial charge in [-0.1, -0.05) is 6.07 Å². The first-order chi connectivity index (χ1) is 12.7. The molecule has 7 nitrogen and oxygen atoms in total. The lowest BCUT2D eigenvalue weighted by Gasteiger charge is -2.33. The van der Waals surface area contributed by atoms with Gasteiger partial charge in [-0.15, -0.1) is 0 Å². The fourth-order valence-electron chi connectivity index (χ4n) is 3.14. The van der Waals surface area contributed by atoms with Crippen LogP contribution in [0.5, 0.6) is 17.5 Å². The fourth-order valence-corrected chi connectivity index (χ4v) is 3.14. The Morgan fingerprint density at radius 3 is 2.88 bits per heavy atom. The van der Waals surface area contributed by atoms with Gasteiger partial charge in [0.15, 0.2) is 17.3 Å².